The number of carbonyl (C=O) groups is 1. The van der Waals surface area contributed by atoms with Crippen molar-refractivity contribution in [3.05, 3.63) is 30.0 Å². The topological polar surface area (TPSA) is 55.0 Å². The number of H-pyrrole nitrogens is 1. The second-order valence-corrected chi connectivity index (χ2v) is 3.62. The number of hydrogen-bond acceptors (Lipinski definition) is 3. The Kier molecular flexibility index (Phi) is 3.19. The van der Waals surface area contributed by atoms with E-state index in [2.05, 4.69) is 10.2 Å². The van der Waals surface area contributed by atoms with Crippen LogP contribution in [0.25, 0.3) is 10.9 Å². The second kappa shape index (κ2) is 4.79. The molecule has 0 spiro atoms. The van der Waals surface area contributed by atoms with Gasteiger partial charge in [-0.05, 0) is 12.5 Å². The molecule has 1 aromatic heterocycles. The van der Waals surface area contributed by atoms with Gasteiger partial charge >= 0.3 is 5.97 Å². The molecule has 0 fully saturated rings. The number of hydrogen-bond donors (Lipinski definition) is 1. The van der Waals surface area contributed by atoms with Gasteiger partial charge in [-0.2, -0.15) is 5.10 Å². The quantitative estimate of drug-likeness (QED) is 0.799. The van der Waals surface area contributed by atoms with E-state index in [0.29, 0.717) is 6.61 Å². The Bertz CT molecular complexity index is 490. The van der Waals surface area contributed by atoms with Crippen molar-refractivity contribution in [1.29, 1.82) is 0 Å². The van der Waals surface area contributed by atoms with Crippen LogP contribution in [0, 0.1) is 0 Å². The summed E-state index contributed by atoms with van der Waals surface area (Å²) in [7, 11) is 0. The number of fused-ring (bicyclic) bond motifs is 1. The Morgan fingerprint density at radius 3 is 3.06 bits per heavy atom. The van der Waals surface area contributed by atoms with Gasteiger partial charge in [-0.25, -0.2) is 0 Å². The minimum absolute atomic E-state index is 0.212. The number of nitrogens with zero attached hydrogens (tertiary/aromatic N) is 1. The zero-order valence-electron chi connectivity index (χ0n) is 9.19. The van der Waals surface area contributed by atoms with Gasteiger partial charge in [0.1, 0.15) is 0 Å². The van der Waals surface area contributed by atoms with Crippen molar-refractivity contribution in [1.82, 2.24) is 10.2 Å². The summed E-state index contributed by atoms with van der Waals surface area (Å²) in [5.74, 6) is -0.212. The molecular formula is C12H14N2O2. The lowest BCUT2D eigenvalue weighted by Crippen LogP contribution is -2.09. The first kappa shape index (κ1) is 10.7. The van der Waals surface area contributed by atoms with E-state index >= 15 is 0 Å². The summed E-state index contributed by atoms with van der Waals surface area (Å²) in [6.45, 7) is 2.45. The average Bonchev–Trinajstić information content (AvgIpc) is 2.70. The minimum Gasteiger partial charge on any atom is -0.465 e. The van der Waals surface area contributed by atoms with Crippen LogP contribution in [-0.4, -0.2) is 22.8 Å². The SMILES string of the molecule is CCCOC(=O)Cc1[nH]nc2ccccc12. The minimum atomic E-state index is -0.212. The maximum atomic E-state index is 11.4. The van der Waals surface area contributed by atoms with Crippen LogP contribution in [0.1, 0.15) is 19.0 Å². The number of nitrogens with one attached hydrogen (secondary N) is 1. The highest BCUT2D eigenvalue weighted by atomic mass is 16.5. The van der Waals surface area contributed by atoms with Crippen molar-refractivity contribution < 1.29 is 9.53 Å². The van der Waals surface area contributed by atoms with E-state index < -0.39 is 0 Å². The van der Waals surface area contributed by atoms with Gasteiger partial charge in [0.05, 0.1) is 24.2 Å². The van der Waals surface area contributed by atoms with Crippen molar-refractivity contribution >= 4 is 16.9 Å². The predicted molar refractivity (Wildman–Crippen MR) is 61.0 cm³/mol. The third-order valence-corrected chi connectivity index (χ3v) is 2.33. The number of ether oxygens (including phenoxy) is 1. The predicted octanol–water partition coefficient (Wildman–Crippen LogP) is 2.06. The molecule has 2 aromatic rings. The molecule has 16 heavy (non-hydrogen) atoms. The molecule has 1 aromatic carbocycles. The number of aromatic amines is 1. The molecule has 1 N–H and O–H groups in total. The van der Waals surface area contributed by atoms with Crippen LogP contribution in [0.4, 0.5) is 0 Å². The van der Waals surface area contributed by atoms with Crippen LogP contribution >= 0.6 is 0 Å². The molecule has 4 heteroatoms. The lowest BCUT2D eigenvalue weighted by Gasteiger charge is -2.01. The van der Waals surface area contributed by atoms with E-state index in [-0.39, 0.29) is 12.4 Å². The molecule has 4 nitrogen and oxygen atoms in total. The Morgan fingerprint density at radius 2 is 2.25 bits per heavy atom. The maximum absolute atomic E-state index is 11.4. The van der Waals surface area contributed by atoms with Gasteiger partial charge in [0, 0.05) is 5.39 Å². The van der Waals surface area contributed by atoms with Gasteiger partial charge in [0.15, 0.2) is 0 Å². The van der Waals surface area contributed by atoms with E-state index in [1.165, 1.54) is 0 Å². The maximum Gasteiger partial charge on any atom is 0.311 e. The van der Waals surface area contributed by atoms with Crippen LogP contribution in [0.3, 0.4) is 0 Å². The summed E-state index contributed by atoms with van der Waals surface area (Å²) >= 11 is 0. The van der Waals surface area contributed by atoms with Gasteiger partial charge in [-0.3, -0.25) is 9.89 Å². The largest absolute Gasteiger partial charge is 0.465 e. The fourth-order valence-electron chi connectivity index (χ4n) is 1.56. The summed E-state index contributed by atoms with van der Waals surface area (Å²) in [6.07, 6.45) is 1.09. The van der Waals surface area contributed by atoms with E-state index in [1.807, 2.05) is 31.2 Å². The Morgan fingerprint density at radius 1 is 1.44 bits per heavy atom. The molecule has 0 bridgehead atoms. The fourth-order valence-corrected chi connectivity index (χ4v) is 1.56. The smallest absolute Gasteiger partial charge is 0.311 e. The van der Waals surface area contributed by atoms with Crippen molar-refractivity contribution in [3.8, 4) is 0 Å². The fraction of sp³-hybridized carbons (Fsp3) is 0.333. The van der Waals surface area contributed by atoms with E-state index in [4.69, 9.17) is 4.74 Å². The van der Waals surface area contributed by atoms with Crippen LogP contribution in [-0.2, 0) is 16.0 Å². The lowest BCUT2D eigenvalue weighted by molar-refractivity contribution is -0.142. The number of rotatable bonds is 4. The molecule has 84 valence electrons. The van der Waals surface area contributed by atoms with E-state index in [0.717, 1.165) is 23.0 Å². The van der Waals surface area contributed by atoms with Crippen molar-refractivity contribution in [2.24, 2.45) is 0 Å². The summed E-state index contributed by atoms with van der Waals surface area (Å²) in [6, 6.07) is 7.70. The van der Waals surface area contributed by atoms with Gasteiger partial charge in [-0.15, -0.1) is 0 Å². The molecule has 0 aliphatic heterocycles. The Hall–Kier alpha value is -1.84. The molecule has 0 amide bonds. The number of aromatic nitrogens is 2. The third-order valence-electron chi connectivity index (χ3n) is 2.33. The number of para-hydroxylation sites is 1. The van der Waals surface area contributed by atoms with Gasteiger partial charge in [0.2, 0.25) is 0 Å². The first-order valence-electron chi connectivity index (χ1n) is 5.39. The van der Waals surface area contributed by atoms with Gasteiger partial charge < -0.3 is 4.74 Å². The Balaban J connectivity index is 2.12. The van der Waals surface area contributed by atoms with Crippen LogP contribution < -0.4 is 0 Å². The zero-order valence-corrected chi connectivity index (χ0v) is 9.19. The molecular weight excluding hydrogens is 204 g/mol. The van der Waals surface area contributed by atoms with Crippen molar-refractivity contribution in [3.63, 3.8) is 0 Å². The van der Waals surface area contributed by atoms with E-state index in [9.17, 15) is 4.79 Å². The van der Waals surface area contributed by atoms with Crippen LogP contribution in [0.5, 0.6) is 0 Å². The van der Waals surface area contributed by atoms with Crippen LogP contribution in [0.2, 0.25) is 0 Å². The first-order valence-corrected chi connectivity index (χ1v) is 5.39. The summed E-state index contributed by atoms with van der Waals surface area (Å²) < 4.78 is 5.03. The van der Waals surface area contributed by atoms with E-state index in [1.54, 1.807) is 0 Å². The molecule has 1 heterocycles. The normalized spacial score (nSPS) is 10.6. The molecule has 2 rings (SSSR count). The second-order valence-electron chi connectivity index (χ2n) is 3.62. The molecule has 0 atom stereocenters. The van der Waals surface area contributed by atoms with Crippen molar-refractivity contribution in [2.75, 3.05) is 6.61 Å². The average molecular weight is 218 g/mol. The van der Waals surface area contributed by atoms with Crippen LogP contribution in [0.15, 0.2) is 24.3 Å². The monoisotopic (exact) mass is 218 g/mol. The third kappa shape index (κ3) is 2.21. The molecule has 0 radical (unpaired) electrons. The molecule has 0 aliphatic rings. The Labute approximate surface area is 93.6 Å². The standard InChI is InChI=1S/C12H14N2O2/c1-2-7-16-12(15)8-11-9-5-3-4-6-10(9)13-14-11/h3-6H,2,7-8H2,1H3,(H,13,14). The summed E-state index contributed by atoms with van der Waals surface area (Å²) in [4.78, 5) is 11.4. The highest BCUT2D eigenvalue weighted by Gasteiger charge is 2.09. The molecule has 0 saturated heterocycles. The number of carbonyl (C=O) groups excluding carboxylic acids is 1. The first-order chi connectivity index (χ1) is 7.81. The van der Waals surface area contributed by atoms with Gasteiger partial charge in [0.25, 0.3) is 0 Å². The zero-order chi connectivity index (χ0) is 11.4. The summed E-state index contributed by atoms with van der Waals surface area (Å²) in [5.41, 5.74) is 1.69. The number of benzene rings is 1. The molecule has 0 aliphatic carbocycles. The summed E-state index contributed by atoms with van der Waals surface area (Å²) in [5, 5.41) is 7.97. The molecule has 0 unspecified atom stereocenters. The van der Waals surface area contributed by atoms with Gasteiger partial charge in [-0.1, -0.05) is 25.1 Å². The highest BCUT2D eigenvalue weighted by molar-refractivity contribution is 5.85. The molecule has 0 saturated carbocycles. The highest BCUT2D eigenvalue weighted by Crippen LogP contribution is 2.15. The van der Waals surface area contributed by atoms with Crippen molar-refractivity contribution in [2.45, 2.75) is 19.8 Å². The lowest BCUT2D eigenvalue weighted by atomic mass is 10.2. The number of esters is 1.